The third-order valence-electron chi connectivity index (χ3n) is 1.05. The summed E-state index contributed by atoms with van der Waals surface area (Å²) in [6, 6.07) is 0. The molecule has 54 valence electrons. The number of rotatable bonds is 2. The van der Waals surface area contributed by atoms with E-state index in [9.17, 15) is 0 Å². The van der Waals surface area contributed by atoms with Gasteiger partial charge in [0.2, 0.25) is 5.96 Å². The summed E-state index contributed by atoms with van der Waals surface area (Å²) in [5.74, 6) is 0.0379. The zero-order valence-corrected chi connectivity index (χ0v) is 5.74. The molecule has 4 heteroatoms. The van der Waals surface area contributed by atoms with Gasteiger partial charge < -0.3 is 4.74 Å². The molecule has 1 rings (SSSR count). The number of nitrogens with one attached hydrogen (secondary N) is 1. The molecule has 10 heavy (non-hydrogen) atoms. The Balaban J connectivity index is 2.45. The van der Waals surface area contributed by atoms with Crippen LogP contribution in [0, 0.1) is 5.41 Å². The van der Waals surface area contributed by atoms with Crippen molar-refractivity contribution in [3.05, 3.63) is 0 Å². The van der Waals surface area contributed by atoms with Gasteiger partial charge in [0.1, 0.15) is 6.10 Å². The molecule has 0 saturated heterocycles. The molecule has 1 aliphatic heterocycles. The fourth-order valence-corrected chi connectivity index (χ4v) is 0.638. The molecule has 1 aliphatic rings. The van der Waals surface area contributed by atoms with Gasteiger partial charge in [0.15, 0.2) is 0 Å². The molecule has 0 fully saturated rings. The Bertz CT molecular complexity index is 169. The van der Waals surface area contributed by atoms with Gasteiger partial charge in [-0.1, -0.05) is 0 Å². The minimum Gasteiger partial charge on any atom is -0.367 e. The van der Waals surface area contributed by atoms with Gasteiger partial charge in [-0.05, 0) is 6.92 Å². The van der Waals surface area contributed by atoms with E-state index < -0.39 is 0 Å². The lowest BCUT2D eigenvalue weighted by atomic mass is 10.4. The maximum absolute atomic E-state index is 6.96. The van der Waals surface area contributed by atoms with E-state index in [-0.39, 0.29) is 12.1 Å². The summed E-state index contributed by atoms with van der Waals surface area (Å²) in [7, 11) is 0. The molecule has 0 radical (unpaired) electrons. The van der Waals surface area contributed by atoms with E-state index in [1.807, 2.05) is 6.92 Å². The monoisotopic (exact) mass is 139 g/mol. The normalized spacial score (nSPS) is 23.7. The Morgan fingerprint density at radius 2 is 2.20 bits per heavy atom. The first-order valence-electron chi connectivity index (χ1n) is 3.11. The molecule has 4 nitrogen and oxygen atoms in total. The van der Waals surface area contributed by atoms with E-state index in [1.165, 1.54) is 0 Å². The van der Waals surface area contributed by atoms with Crippen LogP contribution in [-0.4, -0.2) is 31.1 Å². The van der Waals surface area contributed by atoms with Crippen LogP contribution in [0.5, 0.6) is 0 Å². The molecular formula is C6H9N3O. The second-order valence-corrected chi connectivity index (χ2v) is 1.80. The first kappa shape index (κ1) is 7.08. The summed E-state index contributed by atoms with van der Waals surface area (Å²) >= 11 is 0. The highest BCUT2D eigenvalue weighted by molar-refractivity contribution is 6.03. The molecule has 0 aliphatic carbocycles. The molecule has 0 bridgehead atoms. The fourth-order valence-electron chi connectivity index (χ4n) is 0.638. The molecule has 1 heterocycles. The topological polar surface area (TPSA) is 57.8 Å². The Morgan fingerprint density at radius 1 is 1.60 bits per heavy atom. The minimum atomic E-state index is -0.140. The van der Waals surface area contributed by atoms with E-state index in [0.29, 0.717) is 6.61 Å². The van der Waals surface area contributed by atoms with Crippen molar-refractivity contribution in [3.63, 3.8) is 0 Å². The van der Waals surface area contributed by atoms with Gasteiger partial charge in [0.05, 0.1) is 0 Å². The number of nitrogens with zero attached hydrogens (tertiary/aromatic N) is 2. The molecule has 0 saturated carbocycles. The Kier molecular flexibility index (Phi) is 2.28. The van der Waals surface area contributed by atoms with Crippen LogP contribution in [0.2, 0.25) is 0 Å². The third kappa shape index (κ3) is 1.73. The number of ether oxygens (including phenoxy) is 1. The molecule has 0 aromatic carbocycles. The first-order valence-corrected chi connectivity index (χ1v) is 3.11. The summed E-state index contributed by atoms with van der Waals surface area (Å²) in [4.78, 5) is 7.33. The van der Waals surface area contributed by atoms with Crippen LogP contribution < -0.4 is 0 Å². The van der Waals surface area contributed by atoms with Crippen molar-refractivity contribution in [1.82, 2.24) is 0 Å². The van der Waals surface area contributed by atoms with Crippen LogP contribution in [0.3, 0.4) is 0 Å². The summed E-state index contributed by atoms with van der Waals surface area (Å²) in [6.07, 6.45) is 3.00. The number of aliphatic imine (C=N–C) groups is 2. The summed E-state index contributed by atoms with van der Waals surface area (Å²) in [6.45, 7) is 2.54. The van der Waals surface area contributed by atoms with Crippen LogP contribution in [0.4, 0.5) is 0 Å². The van der Waals surface area contributed by atoms with Gasteiger partial charge in [-0.3, -0.25) is 5.41 Å². The van der Waals surface area contributed by atoms with Crippen molar-refractivity contribution in [2.75, 3.05) is 6.61 Å². The lowest BCUT2D eigenvalue weighted by molar-refractivity contribution is 0.157. The molecule has 0 aromatic rings. The summed E-state index contributed by atoms with van der Waals surface area (Å²) in [5, 5.41) is 6.96. The quantitative estimate of drug-likeness (QED) is 0.594. The fraction of sp³-hybridized carbons (Fsp3) is 0.500. The Hall–Kier alpha value is -1.03. The van der Waals surface area contributed by atoms with E-state index >= 15 is 0 Å². The summed E-state index contributed by atoms with van der Waals surface area (Å²) < 4.78 is 5.14. The average Bonchev–Trinajstić information content (AvgIpc) is 1.95. The standard InChI is InChI=1S/C6H9N3O/c1-2-10-5-3-8-6(7)9-4-5/h3-5,7H,2H2,1H3. The largest absolute Gasteiger partial charge is 0.367 e. The number of hydrogen-bond acceptors (Lipinski definition) is 2. The SMILES string of the molecule is CCOC1C=NC(=N)N=C1. The van der Waals surface area contributed by atoms with Crippen LogP contribution >= 0.6 is 0 Å². The molecule has 0 amide bonds. The zero-order valence-electron chi connectivity index (χ0n) is 5.74. The zero-order chi connectivity index (χ0) is 7.40. The van der Waals surface area contributed by atoms with E-state index in [1.54, 1.807) is 12.4 Å². The van der Waals surface area contributed by atoms with Gasteiger partial charge >= 0.3 is 0 Å². The number of guanidine groups is 1. The maximum atomic E-state index is 6.96. The van der Waals surface area contributed by atoms with Crippen LogP contribution in [0.15, 0.2) is 9.98 Å². The van der Waals surface area contributed by atoms with Gasteiger partial charge in [-0.25, -0.2) is 9.98 Å². The predicted octanol–water partition coefficient (Wildman–Crippen LogP) is 0.481. The summed E-state index contributed by atoms with van der Waals surface area (Å²) in [5.41, 5.74) is 0. The van der Waals surface area contributed by atoms with Crippen LogP contribution in [-0.2, 0) is 4.74 Å². The number of hydrogen-bond donors (Lipinski definition) is 1. The van der Waals surface area contributed by atoms with Crippen molar-refractivity contribution in [2.24, 2.45) is 9.98 Å². The van der Waals surface area contributed by atoms with E-state index in [0.717, 1.165) is 0 Å². The van der Waals surface area contributed by atoms with E-state index in [2.05, 4.69) is 9.98 Å². The molecule has 0 unspecified atom stereocenters. The van der Waals surface area contributed by atoms with Crippen molar-refractivity contribution in [2.45, 2.75) is 13.0 Å². The Labute approximate surface area is 59.1 Å². The van der Waals surface area contributed by atoms with Gasteiger partial charge in [0.25, 0.3) is 0 Å². The highest BCUT2D eigenvalue weighted by Gasteiger charge is 2.04. The maximum Gasteiger partial charge on any atom is 0.241 e. The average molecular weight is 139 g/mol. The van der Waals surface area contributed by atoms with Crippen molar-refractivity contribution in [3.8, 4) is 0 Å². The van der Waals surface area contributed by atoms with E-state index in [4.69, 9.17) is 10.1 Å². The third-order valence-corrected chi connectivity index (χ3v) is 1.05. The first-order chi connectivity index (χ1) is 4.83. The van der Waals surface area contributed by atoms with Crippen molar-refractivity contribution >= 4 is 18.4 Å². The second kappa shape index (κ2) is 3.22. The lowest BCUT2D eigenvalue weighted by Gasteiger charge is -2.08. The smallest absolute Gasteiger partial charge is 0.241 e. The molecule has 0 aromatic heterocycles. The van der Waals surface area contributed by atoms with Crippen LogP contribution in [0.25, 0.3) is 0 Å². The highest BCUT2D eigenvalue weighted by Crippen LogP contribution is 1.92. The van der Waals surface area contributed by atoms with Gasteiger partial charge in [-0.15, -0.1) is 0 Å². The second-order valence-electron chi connectivity index (χ2n) is 1.80. The molecule has 0 spiro atoms. The highest BCUT2D eigenvalue weighted by atomic mass is 16.5. The van der Waals surface area contributed by atoms with Crippen LogP contribution in [0.1, 0.15) is 6.92 Å². The van der Waals surface area contributed by atoms with Gasteiger partial charge in [0, 0.05) is 19.0 Å². The Morgan fingerprint density at radius 3 is 2.70 bits per heavy atom. The lowest BCUT2D eigenvalue weighted by Crippen LogP contribution is -2.20. The molecular weight excluding hydrogens is 130 g/mol. The van der Waals surface area contributed by atoms with Crippen molar-refractivity contribution < 1.29 is 4.74 Å². The molecule has 0 atom stereocenters. The van der Waals surface area contributed by atoms with Gasteiger partial charge in [-0.2, -0.15) is 0 Å². The minimum absolute atomic E-state index is 0.0379. The van der Waals surface area contributed by atoms with Crippen molar-refractivity contribution in [1.29, 1.82) is 5.41 Å². The predicted molar refractivity (Wildman–Crippen MR) is 40.1 cm³/mol. The molecule has 1 N–H and O–H groups in total.